The summed E-state index contributed by atoms with van der Waals surface area (Å²) in [6, 6.07) is 0. The van der Waals surface area contributed by atoms with Gasteiger partial charge in [0.2, 0.25) is 0 Å². The lowest BCUT2D eigenvalue weighted by molar-refractivity contribution is 0.101. The molecule has 1 aromatic heterocycles. The van der Waals surface area contributed by atoms with E-state index in [0.29, 0.717) is 14.5 Å². The number of fused-ring (bicyclic) bond motifs is 3. The van der Waals surface area contributed by atoms with E-state index in [2.05, 4.69) is 29.9 Å². The number of rotatable bonds is 2. The summed E-state index contributed by atoms with van der Waals surface area (Å²) in [6.07, 6.45) is 14.8. The second-order valence-corrected chi connectivity index (χ2v) is 7.47. The van der Waals surface area contributed by atoms with Crippen molar-refractivity contribution in [2.45, 2.75) is 51.6 Å². The Bertz CT molecular complexity index is 657. The molecule has 0 aromatic carbocycles. The van der Waals surface area contributed by atoms with Gasteiger partial charge in [-0.05, 0) is 65.3 Å². The molecule has 0 spiro atoms. The Morgan fingerprint density at radius 2 is 2.25 bits per heavy atom. The predicted molar refractivity (Wildman–Crippen MR) is 84.3 cm³/mol. The van der Waals surface area contributed by atoms with Gasteiger partial charge in [-0.15, -0.1) is 0 Å². The number of nitrogens with zero attached hydrogens (tertiary/aromatic N) is 1. The van der Waals surface area contributed by atoms with Crippen molar-refractivity contribution in [2.75, 3.05) is 0 Å². The first-order valence-electron chi connectivity index (χ1n) is 7.89. The molecule has 4 atom stereocenters. The van der Waals surface area contributed by atoms with Crippen molar-refractivity contribution in [3.63, 3.8) is 0 Å². The molecule has 3 heteroatoms. The molecule has 1 heterocycles. The molecular formula is C17H22NOP. The molecule has 3 aliphatic rings. The quantitative estimate of drug-likeness (QED) is 0.834. The highest BCUT2D eigenvalue weighted by atomic mass is 31.0. The Morgan fingerprint density at radius 1 is 1.30 bits per heavy atom. The van der Waals surface area contributed by atoms with Gasteiger partial charge in [-0.25, -0.2) is 4.75 Å². The molecule has 106 valence electrons. The van der Waals surface area contributed by atoms with Crippen LogP contribution in [0.4, 0.5) is 0 Å². The number of hydrogen-bond acceptors (Lipinski definition) is 2. The predicted octanol–water partition coefficient (Wildman–Crippen LogP) is 2.87. The minimum absolute atomic E-state index is 0.484. The first kappa shape index (κ1) is 12.7. The van der Waals surface area contributed by atoms with E-state index in [1.165, 1.54) is 47.3 Å². The summed E-state index contributed by atoms with van der Waals surface area (Å²) >= 11 is 0. The van der Waals surface area contributed by atoms with E-state index >= 15 is 0 Å². The second-order valence-electron chi connectivity index (χ2n) is 6.49. The summed E-state index contributed by atoms with van der Waals surface area (Å²) in [5.41, 5.74) is 1.18. The van der Waals surface area contributed by atoms with Gasteiger partial charge < -0.3 is 4.74 Å². The maximum absolute atomic E-state index is 6.53. The molecule has 2 fully saturated rings. The monoisotopic (exact) mass is 287 g/mol. The lowest BCUT2D eigenvalue weighted by Crippen LogP contribution is -2.29. The summed E-state index contributed by atoms with van der Waals surface area (Å²) in [6.45, 7) is 2.14. The van der Waals surface area contributed by atoms with E-state index in [1.54, 1.807) is 0 Å². The maximum Gasteiger partial charge on any atom is 0.107 e. The average Bonchev–Trinajstić information content (AvgIpc) is 3.10. The van der Waals surface area contributed by atoms with Gasteiger partial charge in [0.15, 0.2) is 0 Å². The van der Waals surface area contributed by atoms with Crippen LogP contribution in [0.1, 0.15) is 44.2 Å². The van der Waals surface area contributed by atoms with Crippen molar-refractivity contribution in [1.82, 2.24) is 4.75 Å². The highest BCUT2D eigenvalue weighted by Crippen LogP contribution is 2.46. The Balaban J connectivity index is 1.73. The number of hydrogen-bond donors (Lipinski definition) is 0. The molecule has 0 saturated heterocycles. The first-order chi connectivity index (χ1) is 9.81. The van der Waals surface area contributed by atoms with Crippen LogP contribution in [-0.4, -0.2) is 10.9 Å². The van der Waals surface area contributed by atoms with Crippen LogP contribution in [0.25, 0.3) is 11.8 Å². The summed E-state index contributed by atoms with van der Waals surface area (Å²) in [5.74, 6) is 2.99. The van der Waals surface area contributed by atoms with Crippen molar-refractivity contribution in [3.05, 3.63) is 28.0 Å². The van der Waals surface area contributed by atoms with Crippen molar-refractivity contribution in [1.29, 1.82) is 0 Å². The van der Waals surface area contributed by atoms with Crippen LogP contribution in [0.5, 0.6) is 0 Å². The Kier molecular flexibility index (Phi) is 3.22. The minimum Gasteiger partial charge on any atom is -0.494 e. The van der Waals surface area contributed by atoms with Gasteiger partial charge in [0, 0.05) is 16.6 Å². The fraction of sp³-hybridized carbons (Fsp3) is 0.588. The van der Waals surface area contributed by atoms with Crippen molar-refractivity contribution < 1.29 is 4.74 Å². The molecule has 0 radical (unpaired) electrons. The van der Waals surface area contributed by atoms with Crippen LogP contribution in [0.15, 0.2) is 12.2 Å². The highest BCUT2D eigenvalue weighted by Gasteiger charge is 2.41. The molecule has 20 heavy (non-hydrogen) atoms. The number of ether oxygens (including phenoxy) is 1. The van der Waals surface area contributed by atoms with Crippen molar-refractivity contribution in [3.8, 4) is 0 Å². The molecule has 4 unspecified atom stereocenters. The van der Waals surface area contributed by atoms with E-state index in [4.69, 9.17) is 4.74 Å². The second kappa shape index (κ2) is 5.07. The summed E-state index contributed by atoms with van der Waals surface area (Å²) in [7, 11) is 0.573. The molecule has 1 aromatic rings. The number of aromatic nitrogens is 1. The summed E-state index contributed by atoms with van der Waals surface area (Å²) in [5, 5.41) is 1.33. The highest BCUT2D eigenvalue weighted by molar-refractivity contribution is 7.24. The SMILES string of the molecule is Cc1n[pH]c2c1=C(OC1CC3CCC1C3)CCC=CC=2. The zero-order valence-electron chi connectivity index (χ0n) is 12.1. The molecule has 2 bridgehead atoms. The van der Waals surface area contributed by atoms with E-state index in [0.717, 1.165) is 24.7 Å². The fourth-order valence-corrected chi connectivity index (χ4v) is 5.16. The Hall–Kier alpha value is -1.01. The molecule has 0 N–H and O–H groups in total. The van der Waals surface area contributed by atoms with Crippen LogP contribution in [0, 0.1) is 18.8 Å². The van der Waals surface area contributed by atoms with Gasteiger partial charge in [-0.2, -0.15) is 0 Å². The van der Waals surface area contributed by atoms with E-state index < -0.39 is 0 Å². The molecular weight excluding hydrogens is 265 g/mol. The molecule has 2 saturated carbocycles. The summed E-state index contributed by atoms with van der Waals surface area (Å²) in [4.78, 5) is 1.37. The van der Waals surface area contributed by atoms with Gasteiger partial charge in [0.1, 0.15) is 11.9 Å². The largest absolute Gasteiger partial charge is 0.494 e. The van der Waals surface area contributed by atoms with Gasteiger partial charge in [-0.1, -0.05) is 12.2 Å². The summed E-state index contributed by atoms with van der Waals surface area (Å²) < 4.78 is 11.2. The van der Waals surface area contributed by atoms with Gasteiger partial charge in [0.05, 0.1) is 5.69 Å². The Labute approximate surface area is 121 Å². The lowest BCUT2D eigenvalue weighted by Gasteiger charge is -2.25. The van der Waals surface area contributed by atoms with Gasteiger partial charge in [0.25, 0.3) is 0 Å². The van der Waals surface area contributed by atoms with Crippen LogP contribution in [-0.2, 0) is 4.74 Å². The van der Waals surface area contributed by atoms with Crippen molar-refractivity contribution >= 4 is 20.2 Å². The van der Waals surface area contributed by atoms with Crippen LogP contribution in [0.3, 0.4) is 0 Å². The fourth-order valence-electron chi connectivity index (χ4n) is 4.15. The maximum atomic E-state index is 6.53. The van der Waals surface area contributed by atoms with Crippen LogP contribution in [0.2, 0.25) is 0 Å². The zero-order chi connectivity index (χ0) is 13.5. The number of allylic oxidation sites excluding steroid dienone is 2. The molecule has 3 aliphatic carbocycles. The van der Waals surface area contributed by atoms with Gasteiger partial charge >= 0.3 is 0 Å². The number of aryl methyl sites for hydroxylation is 1. The third-order valence-electron chi connectivity index (χ3n) is 5.16. The third-order valence-corrected chi connectivity index (χ3v) is 6.26. The van der Waals surface area contributed by atoms with Gasteiger partial charge in [-0.3, -0.25) is 0 Å². The lowest BCUT2D eigenvalue weighted by atomic mass is 9.97. The van der Waals surface area contributed by atoms with E-state index in [1.807, 2.05) is 0 Å². The molecule has 0 amide bonds. The molecule has 0 aliphatic heterocycles. The minimum atomic E-state index is 0.484. The van der Waals surface area contributed by atoms with E-state index in [-0.39, 0.29) is 0 Å². The molecule has 4 rings (SSSR count). The van der Waals surface area contributed by atoms with Crippen LogP contribution >= 0.6 is 8.35 Å². The van der Waals surface area contributed by atoms with E-state index in [9.17, 15) is 0 Å². The normalized spacial score (nSPS) is 32.0. The average molecular weight is 287 g/mol. The Morgan fingerprint density at radius 3 is 3.05 bits per heavy atom. The smallest absolute Gasteiger partial charge is 0.107 e. The standard InChI is InChI=1S/C17H22NOP/c1-11-17-14(5-3-2-4-6-16(17)20-18-11)19-15-10-12-7-8-13(15)9-12/h2,4,6,12-13,15,20H,3,5,7-10H2,1H3. The molecule has 2 nitrogen and oxygen atoms in total. The zero-order valence-corrected chi connectivity index (χ0v) is 13.1. The first-order valence-corrected chi connectivity index (χ1v) is 8.83. The third kappa shape index (κ3) is 2.15. The van der Waals surface area contributed by atoms with Crippen molar-refractivity contribution in [2.24, 2.45) is 11.8 Å². The topological polar surface area (TPSA) is 22.1 Å². The van der Waals surface area contributed by atoms with Crippen LogP contribution < -0.4 is 10.2 Å².